The van der Waals surface area contributed by atoms with Crippen molar-refractivity contribution in [2.24, 2.45) is 5.73 Å². The Bertz CT molecular complexity index is 316. The highest BCUT2D eigenvalue weighted by Crippen LogP contribution is 2.17. The minimum Gasteiger partial charge on any atom is -0.330 e. The molecule has 0 heterocycles. The summed E-state index contributed by atoms with van der Waals surface area (Å²) in [6.45, 7) is 4.05. The molecule has 2 unspecified atom stereocenters. The van der Waals surface area contributed by atoms with E-state index in [9.17, 15) is 0 Å². The van der Waals surface area contributed by atoms with Gasteiger partial charge >= 0.3 is 0 Å². The van der Waals surface area contributed by atoms with Crippen LogP contribution in [0.4, 0.5) is 0 Å². The Balaban J connectivity index is 2.52. The van der Waals surface area contributed by atoms with Crippen molar-refractivity contribution in [1.82, 2.24) is 4.90 Å². The molecule has 0 saturated heterocycles. The van der Waals surface area contributed by atoms with Crippen LogP contribution in [-0.2, 0) is 0 Å². The van der Waals surface area contributed by atoms with Gasteiger partial charge in [0.25, 0.3) is 0 Å². The Kier molecular flexibility index (Phi) is 7.40. The van der Waals surface area contributed by atoms with Crippen LogP contribution in [-0.4, -0.2) is 43.1 Å². The highest BCUT2D eigenvalue weighted by atomic mass is 32.2. The number of likely N-dealkylation sites (N-methyl/N-ethyl adjacent to an activating group) is 1. The summed E-state index contributed by atoms with van der Waals surface area (Å²) >= 11 is 1.92. The molecule has 2 N–H and O–H groups in total. The van der Waals surface area contributed by atoms with Gasteiger partial charge in [-0.25, -0.2) is 0 Å². The standard InChI is InChI=1S/C15H26N2S/c1-13(9-10-18-3)17(2)12-15(11-16)14-7-5-4-6-8-14/h4-8,13,15H,9-12,16H2,1-3H3. The third-order valence-corrected chi connectivity index (χ3v) is 4.20. The summed E-state index contributed by atoms with van der Waals surface area (Å²) in [5, 5.41) is 0. The number of rotatable bonds is 8. The zero-order valence-electron chi connectivity index (χ0n) is 11.8. The highest BCUT2D eigenvalue weighted by Gasteiger charge is 2.15. The second-order valence-electron chi connectivity index (χ2n) is 4.91. The lowest BCUT2D eigenvalue weighted by molar-refractivity contribution is 0.239. The SMILES string of the molecule is CSCCC(C)N(C)CC(CN)c1ccccc1. The van der Waals surface area contributed by atoms with Gasteiger partial charge in [-0.1, -0.05) is 30.3 Å². The van der Waals surface area contributed by atoms with Gasteiger partial charge in [0.15, 0.2) is 0 Å². The normalized spacial score (nSPS) is 14.7. The van der Waals surface area contributed by atoms with Crippen LogP contribution in [0.1, 0.15) is 24.8 Å². The van der Waals surface area contributed by atoms with E-state index < -0.39 is 0 Å². The first-order chi connectivity index (χ1) is 8.69. The smallest absolute Gasteiger partial charge is 0.00888 e. The van der Waals surface area contributed by atoms with Crippen molar-refractivity contribution in [3.63, 3.8) is 0 Å². The lowest BCUT2D eigenvalue weighted by Crippen LogP contribution is -2.35. The van der Waals surface area contributed by atoms with Crippen LogP contribution in [0.3, 0.4) is 0 Å². The molecule has 0 aliphatic carbocycles. The van der Waals surface area contributed by atoms with E-state index in [0.717, 1.165) is 6.54 Å². The lowest BCUT2D eigenvalue weighted by atomic mass is 9.98. The lowest BCUT2D eigenvalue weighted by Gasteiger charge is -2.28. The number of hydrogen-bond acceptors (Lipinski definition) is 3. The first kappa shape index (κ1) is 15.5. The van der Waals surface area contributed by atoms with Gasteiger partial charge in [0, 0.05) is 25.0 Å². The Labute approximate surface area is 116 Å². The average molecular weight is 266 g/mol. The van der Waals surface area contributed by atoms with Gasteiger partial charge < -0.3 is 10.6 Å². The fraction of sp³-hybridized carbons (Fsp3) is 0.600. The van der Waals surface area contributed by atoms with E-state index in [1.165, 1.54) is 17.7 Å². The second-order valence-corrected chi connectivity index (χ2v) is 5.90. The van der Waals surface area contributed by atoms with Crippen LogP contribution in [0.2, 0.25) is 0 Å². The summed E-state index contributed by atoms with van der Waals surface area (Å²) in [5.41, 5.74) is 7.27. The zero-order chi connectivity index (χ0) is 13.4. The molecule has 2 nitrogen and oxygen atoms in total. The molecule has 0 bridgehead atoms. The van der Waals surface area contributed by atoms with Gasteiger partial charge in [-0.05, 0) is 38.0 Å². The van der Waals surface area contributed by atoms with Crippen LogP contribution < -0.4 is 5.73 Å². The van der Waals surface area contributed by atoms with E-state index in [1.807, 2.05) is 11.8 Å². The first-order valence-electron chi connectivity index (χ1n) is 6.63. The third kappa shape index (κ3) is 5.01. The monoisotopic (exact) mass is 266 g/mol. The molecule has 1 aromatic carbocycles. The topological polar surface area (TPSA) is 29.3 Å². The predicted octanol–water partition coefficient (Wildman–Crippen LogP) is 2.80. The van der Waals surface area contributed by atoms with Gasteiger partial charge in [0.05, 0.1) is 0 Å². The molecule has 0 amide bonds. The molecule has 0 radical (unpaired) electrons. The van der Waals surface area contributed by atoms with Gasteiger partial charge in [-0.15, -0.1) is 0 Å². The summed E-state index contributed by atoms with van der Waals surface area (Å²) < 4.78 is 0. The van der Waals surface area contributed by atoms with Gasteiger partial charge in [0.2, 0.25) is 0 Å². The molecule has 0 saturated carbocycles. The fourth-order valence-corrected chi connectivity index (χ4v) is 2.65. The van der Waals surface area contributed by atoms with E-state index in [4.69, 9.17) is 5.73 Å². The van der Waals surface area contributed by atoms with E-state index in [-0.39, 0.29) is 0 Å². The summed E-state index contributed by atoms with van der Waals surface area (Å²) in [6, 6.07) is 11.2. The van der Waals surface area contributed by atoms with Gasteiger partial charge in [-0.2, -0.15) is 11.8 Å². The minimum atomic E-state index is 0.438. The molecule has 18 heavy (non-hydrogen) atoms. The molecular weight excluding hydrogens is 240 g/mol. The largest absolute Gasteiger partial charge is 0.330 e. The summed E-state index contributed by atoms with van der Waals surface area (Å²) in [5.74, 6) is 1.66. The average Bonchev–Trinajstić information content (AvgIpc) is 2.42. The maximum absolute atomic E-state index is 5.92. The molecule has 1 aromatic rings. The van der Waals surface area contributed by atoms with Crippen molar-refractivity contribution in [3.05, 3.63) is 35.9 Å². The van der Waals surface area contributed by atoms with Crippen LogP contribution >= 0.6 is 11.8 Å². The van der Waals surface area contributed by atoms with Crippen LogP contribution in [0.5, 0.6) is 0 Å². The quantitative estimate of drug-likeness (QED) is 0.784. The fourth-order valence-electron chi connectivity index (χ4n) is 2.08. The van der Waals surface area contributed by atoms with Crippen molar-refractivity contribution in [1.29, 1.82) is 0 Å². The van der Waals surface area contributed by atoms with Crippen molar-refractivity contribution < 1.29 is 0 Å². The van der Waals surface area contributed by atoms with Gasteiger partial charge in [-0.3, -0.25) is 0 Å². The molecule has 0 aliphatic heterocycles. The van der Waals surface area contributed by atoms with Crippen molar-refractivity contribution in [2.75, 3.05) is 32.1 Å². The molecule has 1 rings (SSSR count). The van der Waals surface area contributed by atoms with E-state index in [0.29, 0.717) is 18.5 Å². The molecular formula is C15H26N2S. The van der Waals surface area contributed by atoms with E-state index in [1.54, 1.807) is 0 Å². The van der Waals surface area contributed by atoms with E-state index >= 15 is 0 Å². The zero-order valence-corrected chi connectivity index (χ0v) is 12.6. The maximum Gasteiger partial charge on any atom is 0.00888 e. The molecule has 0 aliphatic rings. The Morgan fingerprint density at radius 1 is 1.28 bits per heavy atom. The first-order valence-corrected chi connectivity index (χ1v) is 8.02. The Morgan fingerprint density at radius 2 is 1.94 bits per heavy atom. The van der Waals surface area contributed by atoms with Gasteiger partial charge in [0.1, 0.15) is 0 Å². The molecule has 2 atom stereocenters. The minimum absolute atomic E-state index is 0.438. The molecule has 0 aromatic heterocycles. The number of nitrogens with two attached hydrogens (primary N) is 1. The van der Waals surface area contributed by atoms with Crippen molar-refractivity contribution in [2.45, 2.75) is 25.3 Å². The predicted molar refractivity (Wildman–Crippen MR) is 83.3 cm³/mol. The number of benzene rings is 1. The second kappa shape index (κ2) is 8.57. The third-order valence-electron chi connectivity index (χ3n) is 3.56. The van der Waals surface area contributed by atoms with Crippen LogP contribution in [0.15, 0.2) is 30.3 Å². The van der Waals surface area contributed by atoms with Crippen molar-refractivity contribution in [3.8, 4) is 0 Å². The molecule has 102 valence electrons. The molecule has 0 fully saturated rings. The Morgan fingerprint density at radius 3 is 2.50 bits per heavy atom. The highest BCUT2D eigenvalue weighted by molar-refractivity contribution is 7.98. The molecule has 3 heteroatoms. The van der Waals surface area contributed by atoms with Crippen molar-refractivity contribution >= 4 is 11.8 Å². The summed E-state index contributed by atoms with van der Waals surface area (Å²) in [7, 11) is 2.20. The van der Waals surface area contributed by atoms with Crippen LogP contribution in [0.25, 0.3) is 0 Å². The number of hydrogen-bond donors (Lipinski definition) is 1. The summed E-state index contributed by atoms with van der Waals surface area (Å²) in [4.78, 5) is 2.43. The van der Waals surface area contributed by atoms with Crippen LogP contribution in [0, 0.1) is 0 Å². The number of nitrogens with zero attached hydrogens (tertiary/aromatic N) is 1. The maximum atomic E-state index is 5.92. The number of thioether (sulfide) groups is 1. The summed E-state index contributed by atoms with van der Waals surface area (Å²) in [6.07, 6.45) is 3.41. The molecule has 0 spiro atoms. The van der Waals surface area contributed by atoms with E-state index in [2.05, 4.69) is 55.5 Å². The Hall–Kier alpha value is -0.510.